The van der Waals surface area contributed by atoms with E-state index >= 15 is 0 Å². The molecule has 10 heteroatoms. The van der Waals surface area contributed by atoms with Crippen molar-refractivity contribution >= 4 is 55.9 Å². The molecule has 0 bridgehead atoms. The van der Waals surface area contributed by atoms with Gasteiger partial charge in [0.15, 0.2) is 0 Å². The standard InChI is InChI=1S/C23H22Cl2N2O5S/c1-2-20(27-33(31,32)19-12-17(24)11-18(25)13-19)22(28)26-21(23(29)30)10-14-7-8-15-5-3-4-6-16(15)9-14/h3-9,11-13,20-21,27H,2,10H2,1H3,(H,26,28)(H,29,30)/t20?,21-/m0/s1. The highest BCUT2D eigenvalue weighted by atomic mass is 35.5. The van der Waals surface area contributed by atoms with Gasteiger partial charge in [-0.05, 0) is 41.0 Å². The van der Waals surface area contributed by atoms with Crippen LogP contribution in [-0.2, 0) is 26.0 Å². The number of benzene rings is 3. The van der Waals surface area contributed by atoms with Gasteiger partial charge < -0.3 is 10.4 Å². The molecule has 174 valence electrons. The van der Waals surface area contributed by atoms with Crippen molar-refractivity contribution in [2.45, 2.75) is 36.7 Å². The van der Waals surface area contributed by atoms with E-state index in [9.17, 15) is 23.1 Å². The van der Waals surface area contributed by atoms with E-state index in [-0.39, 0.29) is 27.8 Å². The molecule has 0 aliphatic rings. The summed E-state index contributed by atoms with van der Waals surface area (Å²) >= 11 is 11.8. The third-order valence-corrected chi connectivity index (χ3v) is 6.92. The highest BCUT2D eigenvalue weighted by molar-refractivity contribution is 7.89. The van der Waals surface area contributed by atoms with Crippen molar-refractivity contribution in [3.63, 3.8) is 0 Å². The Morgan fingerprint density at radius 3 is 2.18 bits per heavy atom. The van der Waals surface area contributed by atoms with E-state index in [0.29, 0.717) is 0 Å². The summed E-state index contributed by atoms with van der Waals surface area (Å²) in [6.07, 6.45) is 0.140. The Labute approximate surface area is 201 Å². The van der Waals surface area contributed by atoms with E-state index < -0.39 is 34.0 Å². The van der Waals surface area contributed by atoms with E-state index in [1.165, 1.54) is 18.2 Å². The highest BCUT2D eigenvalue weighted by Crippen LogP contribution is 2.22. The van der Waals surface area contributed by atoms with Gasteiger partial charge in [0.1, 0.15) is 12.1 Å². The SMILES string of the molecule is CCC(NS(=O)(=O)c1cc(Cl)cc(Cl)c1)C(=O)N[C@@H](Cc1ccc2ccccc2c1)C(=O)O. The quantitative estimate of drug-likeness (QED) is 0.404. The first kappa shape index (κ1) is 25.0. The zero-order valence-corrected chi connectivity index (χ0v) is 19.9. The van der Waals surface area contributed by atoms with E-state index in [1.54, 1.807) is 13.0 Å². The molecule has 0 aliphatic carbocycles. The maximum atomic E-state index is 12.8. The van der Waals surface area contributed by atoms with Crippen molar-refractivity contribution in [2.24, 2.45) is 0 Å². The number of carbonyl (C=O) groups excluding carboxylic acids is 1. The molecule has 0 spiro atoms. The minimum atomic E-state index is -4.13. The molecule has 2 atom stereocenters. The molecule has 3 aromatic rings. The average Bonchev–Trinajstić information content (AvgIpc) is 2.76. The summed E-state index contributed by atoms with van der Waals surface area (Å²) in [6, 6.07) is 14.6. The van der Waals surface area contributed by atoms with Crippen molar-refractivity contribution < 1.29 is 23.1 Å². The van der Waals surface area contributed by atoms with Crippen molar-refractivity contribution in [3.05, 3.63) is 76.3 Å². The van der Waals surface area contributed by atoms with Crippen LogP contribution in [0.5, 0.6) is 0 Å². The smallest absolute Gasteiger partial charge is 0.326 e. The fourth-order valence-electron chi connectivity index (χ4n) is 3.34. The van der Waals surface area contributed by atoms with Crippen LogP contribution >= 0.6 is 23.2 Å². The third-order valence-electron chi connectivity index (χ3n) is 5.04. The van der Waals surface area contributed by atoms with Gasteiger partial charge in [0, 0.05) is 16.5 Å². The fraction of sp³-hybridized carbons (Fsp3) is 0.217. The molecule has 0 radical (unpaired) electrons. The Hall–Kier alpha value is -2.65. The van der Waals surface area contributed by atoms with Crippen LogP contribution in [0.4, 0.5) is 0 Å². The maximum Gasteiger partial charge on any atom is 0.326 e. The van der Waals surface area contributed by atoms with Crippen molar-refractivity contribution in [2.75, 3.05) is 0 Å². The molecule has 3 N–H and O–H groups in total. The lowest BCUT2D eigenvalue weighted by Crippen LogP contribution is -2.51. The van der Waals surface area contributed by atoms with E-state index in [0.717, 1.165) is 16.3 Å². The Morgan fingerprint density at radius 2 is 1.58 bits per heavy atom. The fourth-order valence-corrected chi connectivity index (χ4v) is 5.34. The number of sulfonamides is 1. The number of nitrogens with one attached hydrogen (secondary N) is 2. The van der Waals surface area contributed by atoms with Gasteiger partial charge >= 0.3 is 5.97 Å². The number of rotatable bonds is 9. The minimum Gasteiger partial charge on any atom is -0.480 e. The van der Waals surface area contributed by atoms with Crippen LogP contribution in [-0.4, -0.2) is 37.5 Å². The molecule has 0 saturated heterocycles. The van der Waals surface area contributed by atoms with Crippen LogP contribution in [0, 0.1) is 0 Å². The van der Waals surface area contributed by atoms with Crippen LogP contribution in [0.15, 0.2) is 65.6 Å². The Bertz CT molecular complexity index is 1280. The summed E-state index contributed by atoms with van der Waals surface area (Å²) in [4.78, 5) is 24.4. The Morgan fingerprint density at radius 1 is 0.939 bits per heavy atom. The number of fused-ring (bicyclic) bond motifs is 1. The maximum absolute atomic E-state index is 12.8. The molecular formula is C23H22Cl2N2O5S. The second-order valence-corrected chi connectivity index (χ2v) is 10.1. The Balaban J connectivity index is 1.75. The molecule has 1 amide bonds. The van der Waals surface area contributed by atoms with Gasteiger partial charge in [0.2, 0.25) is 15.9 Å². The second kappa shape index (κ2) is 10.5. The molecule has 7 nitrogen and oxygen atoms in total. The average molecular weight is 509 g/mol. The van der Waals surface area contributed by atoms with Crippen LogP contribution in [0.25, 0.3) is 10.8 Å². The van der Waals surface area contributed by atoms with Crippen molar-refractivity contribution in [1.82, 2.24) is 10.0 Å². The number of carbonyl (C=O) groups is 2. The monoisotopic (exact) mass is 508 g/mol. The molecule has 0 aromatic heterocycles. The second-order valence-electron chi connectivity index (χ2n) is 7.47. The first-order valence-corrected chi connectivity index (χ1v) is 12.3. The van der Waals surface area contributed by atoms with E-state index in [1.807, 2.05) is 36.4 Å². The van der Waals surface area contributed by atoms with Crippen LogP contribution in [0.2, 0.25) is 10.0 Å². The zero-order chi connectivity index (χ0) is 24.2. The molecule has 1 unspecified atom stereocenters. The van der Waals surface area contributed by atoms with Crippen LogP contribution < -0.4 is 10.0 Å². The van der Waals surface area contributed by atoms with Crippen molar-refractivity contribution in [3.8, 4) is 0 Å². The van der Waals surface area contributed by atoms with Gasteiger partial charge in [-0.2, -0.15) is 4.72 Å². The predicted octanol–water partition coefficient (Wildman–Crippen LogP) is 4.02. The van der Waals surface area contributed by atoms with Gasteiger partial charge in [-0.15, -0.1) is 0 Å². The lowest BCUT2D eigenvalue weighted by molar-refractivity contribution is -0.142. The molecule has 0 saturated carbocycles. The lowest BCUT2D eigenvalue weighted by Gasteiger charge is -2.21. The first-order valence-electron chi connectivity index (χ1n) is 10.1. The number of amides is 1. The van der Waals surface area contributed by atoms with Crippen molar-refractivity contribution in [1.29, 1.82) is 0 Å². The predicted molar refractivity (Wildman–Crippen MR) is 128 cm³/mol. The molecule has 0 fully saturated rings. The van der Waals surface area contributed by atoms with Gasteiger partial charge in [0.05, 0.1) is 4.90 Å². The topological polar surface area (TPSA) is 113 Å². The van der Waals surface area contributed by atoms with Gasteiger partial charge in [-0.3, -0.25) is 4.79 Å². The molecular weight excluding hydrogens is 487 g/mol. The molecule has 0 aliphatic heterocycles. The summed E-state index contributed by atoms with van der Waals surface area (Å²) in [5.41, 5.74) is 0.726. The molecule has 3 aromatic carbocycles. The number of aliphatic carboxylic acids is 1. The number of halogens is 2. The van der Waals surface area contributed by atoms with Gasteiger partial charge in [0.25, 0.3) is 0 Å². The molecule has 0 heterocycles. The number of carboxylic acid groups (broad SMARTS) is 1. The normalized spacial score (nSPS) is 13.4. The summed E-state index contributed by atoms with van der Waals surface area (Å²) < 4.78 is 27.7. The summed E-state index contributed by atoms with van der Waals surface area (Å²) in [6.45, 7) is 1.61. The van der Waals surface area contributed by atoms with Gasteiger partial charge in [-0.1, -0.05) is 72.6 Å². The lowest BCUT2D eigenvalue weighted by atomic mass is 10.0. The van der Waals surface area contributed by atoms with E-state index in [4.69, 9.17) is 23.2 Å². The zero-order valence-electron chi connectivity index (χ0n) is 17.6. The minimum absolute atomic E-state index is 0.0407. The number of hydrogen-bond acceptors (Lipinski definition) is 4. The third kappa shape index (κ3) is 6.45. The van der Waals surface area contributed by atoms with E-state index in [2.05, 4.69) is 10.0 Å². The summed E-state index contributed by atoms with van der Waals surface area (Å²) in [7, 11) is -4.13. The number of carboxylic acids is 1. The summed E-state index contributed by atoms with van der Waals surface area (Å²) in [5.74, 6) is -1.97. The highest BCUT2D eigenvalue weighted by Gasteiger charge is 2.28. The first-order chi connectivity index (χ1) is 15.6. The largest absolute Gasteiger partial charge is 0.480 e. The summed E-state index contributed by atoms with van der Waals surface area (Å²) in [5, 5.41) is 14.3. The van der Waals surface area contributed by atoms with Crippen LogP contribution in [0.1, 0.15) is 18.9 Å². The number of hydrogen-bond donors (Lipinski definition) is 3. The molecule has 3 rings (SSSR count). The molecule has 33 heavy (non-hydrogen) atoms. The van der Waals surface area contributed by atoms with Gasteiger partial charge in [-0.25, -0.2) is 13.2 Å². The van der Waals surface area contributed by atoms with Crippen LogP contribution in [0.3, 0.4) is 0 Å². The Kier molecular flexibility index (Phi) is 7.97.